The molecule has 0 N–H and O–H groups in total. The lowest BCUT2D eigenvalue weighted by molar-refractivity contribution is -0.0954. The van der Waals surface area contributed by atoms with Crippen LogP contribution in [0.4, 0.5) is 10.3 Å². The van der Waals surface area contributed by atoms with Gasteiger partial charge in [-0.1, -0.05) is 6.42 Å². The summed E-state index contributed by atoms with van der Waals surface area (Å²) in [6.45, 7) is 2.87. The van der Waals surface area contributed by atoms with Gasteiger partial charge in [-0.3, -0.25) is 0 Å². The zero-order valence-electron chi connectivity index (χ0n) is 11.7. The molecule has 2 fully saturated rings. The summed E-state index contributed by atoms with van der Waals surface area (Å²) < 4.78 is 24.4. The second kappa shape index (κ2) is 5.61. The highest BCUT2D eigenvalue weighted by atomic mass is 19.1. The van der Waals surface area contributed by atoms with Crippen LogP contribution in [0.3, 0.4) is 0 Å². The van der Waals surface area contributed by atoms with Gasteiger partial charge in [-0.25, -0.2) is 14.4 Å². The van der Waals surface area contributed by atoms with Crippen molar-refractivity contribution >= 4 is 5.95 Å². The average molecular weight is 281 g/mol. The van der Waals surface area contributed by atoms with Crippen LogP contribution < -0.4 is 4.90 Å². The van der Waals surface area contributed by atoms with Crippen LogP contribution in [0.1, 0.15) is 19.3 Å². The van der Waals surface area contributed by atoms with Gasteiger partial charge < -0.3 is 14.4 Å². The monoisotopic (exact) mass is 281 g/mol. The number of nitrogens with zero attached hydrogens (tertiary/aromatic N) is 3. The van der Waals surface area contributed by atoms with E-state index in [1.807, 2.05) is 0 Å². The second-order valence-electron chi connectivity index (χ2n) is 5.58. The smallest absolute Gasteiger partial charge is 0.225 e. The Labute approximate surface area is 118 Å². The van der Waals surface area contributed by atoms with Crippen LogP contribution in [-0.4, -0.2) is 49.0 Å². The molecular weight excluding hydrogens is 261 g/mol. The van der Waals surface area contributed by atoms with Crippen LogP contribution >= 0.6 is 0 Å². The zero-order chi connectivity index (χ0) is 14.0. The maximum atomic E-state index is 12.9. The molecular formula is C14H20FN3O2. The van der Waals surface area contributed by atoms with Gasteiger partial charge in [-0.2, -0.15) is 0 Å². The van der Waals surface area contributed by atoms with E-state index in [-0.39, 0.29) is 5.60 Å². The Hall–Kier alpha value is -1.27. The van der Waals surface area contributed by atoms with Gasteiger partial charge in [0.2, 0.25) is 5.95 Å². The minimum atomic E-state index is -0.408. The fourth-order valence-corrected chi connectivity index (χ4v) is 3.40. The van der Waals surface area contributed by atoms with Crippen molar-refractivity contribution in [1.82, 2.24) is 9.97 Å². The first-order chi connectivity index (χ1) is 9.73. The number of hydrogen-bond donors (Lipinski definition) is 0. The molecule has 1 spiro atoms. The molecule has 1 aromatic rings. The van der Waals surface area contributed by atoms with Crippen molar-refractivity contribution in [2.75, 3.05) is 38.3 Å². The SMILES string of the molecule is COC[C@H]1CCC[C@]12CN(c1ncc(F)cn1)CCO2. The molecule has 1 saturated heterocycles. The van der Waals surface area contributed by atoms with Crippen LogP contribution in [0.15, 0.2) is 12.4 Å². The molecule has 110 valence electrons. The number of aromatic nitrogens is 2. The third kappa shape index (κ3) is 2.50. The third-order valence-electron chi connectivity index (χ3n) is 4.36. The first-order valence-electron chi connectivity index (χ1n) is 7.09. The maximum Gasteiger partial charge on any atom is 0.225 e. The molecule has 2 atom stereocenters. The lowest BCUT2D eigenvalue weighted by atomic mass is 9.89. The van der Waals surface area contributed by atoms with E-state index < -0.39 is 5.82 Å². The summed E-state index contributed by atoms with van der Waals surface area (Å²) in [5, 5.41) is 0. The van der Waals surface area contributed by atoms with Crippen LogP contribution in [0.2, 0.25) is 0 Å². The predicted octanol–water partition coefficient (Wildman–Crippen LogP) is 1.64. The molecule has 3 rings (SSSR count). The van der Waals surface area contributed by atoms with E-state index in [9.17, 15) is 4.39 Å². The molecule has 2 aliphatic rings. The van der Waals surface area contributed by atoms with Crippen molar-refractivity contribution in [3.63, 3.8) is 0 Å². The summed E-state index contributed by atoms with van der Waals surface area (Å²) in [7, 11) is 1.73. The minimum Gasteiger partial charge on any atom is -0.384 e. The number of rotatable bonds is 3. The molecule has 5 nitrogen and oxygen atoms in total. The highest BCUT2D eigenvalue weighted by Crippen LogP contribution is 2.41. The van der Waals surface area contributed by atoms with Crippen molar-refractivity contribution in [2.45, 2.75) is 24.9 Å². The molecule has 20 heavy (non-hydrogen) atoms. The summed E-state index contributed by atoms with van der Waals surface area (Å²) in [4.78, 5) is 10.3. The van der Waals surface area contributed by atoms with E-state index in [1.54, 1.807) is 7.11 Å². The van der Waals surface area contributed by atoms with E-state index in [1.165, 1.54) is 12.4 Å². The fourth-order valence-electron chi connectivity index (χ4n) is 3.40. The molecule has 0 unspecified atom stereocenters. The molecule has 0 aromatic carbocycles. The van der Waals surface area contributed by atoms with Crippen molar-refractivity contribution in [3.8, 4) is 0 Å². The largest absolute Gasteiger partial charge is 0.384 e. The topological polar surface area (TPSA) is 47.5 Å². The van der Waals surface area contributed by atoms with Crippen LogP contribution in [0.5, 0.6) is 0 Å². The standard InChI is InChI=1S/C14H20FN3O2/c1-19-9-11-3-2-4-14(11)10-18(5-6-20-14)13-16-7-12(15)8-17-13/h7-8,11H,2-6,9-10H2,1H3/t11-,14+/m1/s1. The van der Waals surface area contributed by atoms with Crippen LogP contribution in [0.25, 0.3) is 0 Å². The average Bonchev–Trinajstić information content (AvgIpc) is 2.83. The summed E-state index contributed by atoms with van der Waals surface area (Å²) in [6, 6.07) is 0. The zero-order valence-corrected chi connectivity index (χ0v) is 11.7. The van der Waals surface area contributed by atoms with Gasteiger partial charge in [0.05, 0.1) is 37.8 Å². The maximum absolute atomic E-state index is 12.9. The van der Waals surface area contributed by atoms with E-state index in [4.69, 9.17) is 9.47 Å². The van der Waals surface area contributed by atoms with Crippen LogP contribution in [-0.2, 0) is 9.47 Å². The molecule has 0 amide bonds. The van der Waals surface area contributed by atoms with Gasteiger partial charge in [-0.15, -0.1) is 0 Å². The van der Waals surface area contributed by atoms with Gasteiger partial charge >= 0.3 is 0 Å². The fraction of sp³-hybridized carbons (Fsp3) is 0.714. The van der Waals surface area contributed by atoms with Crippen LogP contribution in [0, 0.1) is 11.7 Å². The molecule has 1 aliphatic heterocycles. The molecule has 0 radical (unpaired) electrons. The van der Waals surface area contributed by atoms with E-state index in [0.717, 1.165) is 39.0 Å². The Morgan fingerprint density at radius 1 is 1.50 bits per heavy atom. The molecule has 0 bridgehead atoms. The lowest BCUT2D eigenvalue weighted by Gasteiger charge is -2.43. The van der Waals surface area contributed by atoms with Crippen molar-refractivity contribution < 1.29 is 13.9 Å². The molecule has 2 heterocycles. The Balaban J connectivity index is 1.77. The molecule has 1 aliphatic carbocycles. The van der Waals surface area contributed by atoms with Gasteiger partial charge in [0.25, 0.3) is 0 Å². The van der Waals surface area contributed by atoms with Gasteiger partial charge in [-0.05, 0) is 12.8 Å². The van der Waals surface area contributed by atoms with Crippen molar-refractivity contribution in [3.05, 3.63) is 18.2 Å². The summed E-state index contributed by atoms with van der Waals surface area (Å²) in [6.07, 6.45) is 5.76. The number of morpholine rings is 1. The van der Waals surface area contributed by atoms with Crippen molar-refractivity contribution in [2.24, 2.45) is 5.92 Å². The first-order valence-corrected chi connectivity index (χ1v) is 7.09. The molecule has 1 saturated carbocycles. The molecule has 1 aromatic heterocycles. The van der Waals surface area contributed by atoms with Crippen molar-refractivity contribution in [1.29, 1.82) is 0 Å². The number of methoxy groups -OCH3 is 1. The summed E-state index contributed by atoms with van der Waals surface area (Å²) >= 11 is 0. The number of halogens is 1. The van der Waals surface area contributed by atoms with E-state index in [0.29, 0.717) is 18.5 Å². The highest BCUT2D eigenvalue weighted by molar-refractivity contribution is 5.31. The summed E-state index contributed by atoms with van der Waals surface area (Å²) in [5.41, 5.74) is -0.161. The Morgan fingerprint density at radius 2 is 2.30 bits per heavy atom. The number of hydrogen-bond acceptors (Lipinski definition) is 5. The molecule has 6 heteroatoms. The second-order valence-corrected chi connectivity index (χ2v) is 5.58. The van der Waals surface area contributed by atoms with Gasteiger partial charge in [0.15, 0.2) is 5.82 Å². The van der Waals surface area contributed by atoms with E-state index in [2.05, 4.69) is 14.9 Å². The van der Waals surface area contributed by atoms with E-state index >= 15 is 0 Å². The summed E-state index contributed by atoms with van der Waals surface area (Å²) in [5.74, 6) is 0.586. The van der Waals surface area contributed by atoms with Gasteiger partial charge in [0.1, 0.15) is 0 Å². The Kier molecular flexibility index (Phi) is 3.85. The highest BCUT2D eigenvalue weighted by Gasteiger charge is 2.47. The lowest BCUT2D eigenvalue weighted by Crippen LogP contribution is -2.55. The first kappa shape index (κ1) is 13.7. The Morgan fingerprint density at radius 3 is 3.05 bits per heavy atom. The Bertz CT molecular complexity index is 456. The third-order valence-corrected chi connectivity index (χ3v) is 4.36. The minimum absolute atomic E-state index is 0.161. The number of anilines is 1. The quantitative estimate of drug-likeness (QED) is 0.843. The van der Waals surface area contributed by atoms with Gasteiger partial charge in [0, 0.05) is 19.6 Å². The predicted molar refractivity (Wildman–Crippen MR) is 72.1 cm³/mol. The normalized spacial score (nSPS) is 30.1. The number of ether oxygens (including phenoxy) is 2.